The van der Waals surface area contributed by atoms with Crippen LogP contribution in [0, 0.1) is 5.41 Å². The van der Waals surface area contributed by atoms with Crippen molar-refractivity contribution in [3.8, 4) is 0 Å². The van der Waals surface area contributed by atoms with E-state index in [1.807, 2.05) is 0 Å². The van der Waals surface area contributed by atoms with Crippen LogP contribution in [-0.4, -0.2) is 31.8 Å². The highest BCUT2D eigenvalue weighted by Crippen LogP contribution is 2.34. The van der Waals surface area contributed by atoms with Gasteiger partial charge in [-0.25, -0.2) is 0 Å². The van der Waals surface area contributed by atoms with Gasteiger partial charge in [0.05, 0.1) is 6.61 Å². The summed E-state index contributed by atoms with van der Waals surface area (Å²) in [6, 6.07) is 0. The van der Waals surface area contributed by atoms with Crippen LogP contribution in [-0.2, 0) is 9.47 Å². The predicted octanol–water partition coefficient (Wildman–Crippen LogP) is 2.99. The third-order valence-electron chi connectivity index (χ3n) is 2.81. The molecule has 1 rings (SSSR count). The molecule has 14 heavy (non-hydrogen) atoms. The van der Waals surface area contributed by atoms with Gasteiger partial charge in [0.1, 0.15) is 0 Å². The fourth-order valence-corrected chi connectivity index (χ4v) is 2.54. The Morgan fingerprint density at radius 3 is 2.86 bits per heavy atom. The van der Waals surface area contributed by atoms with Crippen LogP contribution >= 0.6 is 15.9 Å². The number of ether oxygens (including phenoxy) is 2. The lowest BCUT2D eigenvalue weighted by molar-refractivity contribution is -0.0144. The molecule has 0 N–H and O–H groups in total. The molecule has 1 atom stereocenters. The zero-order valence-electron chi connectivity index (χ0n) is 9.06. The highest BCUT2D eigenvalue weighted by atomic mass is 79.9. The number of hydrogen-bond acceptors (Lipinski definition) is 2. The van der Waals surface area contributed by atoms with Crippen molar-refractivity contribution in [1.82, 2.24) is 0 Å². The molecule has 1 saturated heterocycles. The predicted molar refractivity (Wildman–Crippen MR) is 62.0 cm³/mol. The average Bonchev–Trinajstić information content (AvgIpc) is 2.26. The van der Waals surface area contributed by atoms with E-state index in [4.69, 9.17) is 9.47 Å². The molecule has 0 spiro atoms. The van der Waals surface area contributed by atoms with Gasteiger partial charge in [0.2, 0.25) is 0 Å². The van der Waals surface area contributed by atoms with Gasteiger partial charge in [-0.1, -0.05) is 22.9 Å². The first kappa shape index (κ1) is 12.5. The van der Waals surface area contributed by atoms with Crippen LogP contribution in [0.15, 0.2) is 0 Å². The van der Waals surface area contributed by atoms with E-state index in [1.54, 1.807) is 0 Å². The summed E-state index contributed by atoms with van der Waals surface area (Å²) in [6.07, 6.45) is 4.70. The maximum atomic E-state index is 5.55. The second kappa shape index (κ2) is 6.81. The monoisotopic (exact) mass is 264 g/mol. The van der Waals surface area contributed by atoms with Crippen LogP contribution in [0.1, 0.15) is 32.6 Å². The maximum absolute atomic E-state index is 5.55. The van der Waals surface area contributed by atoms with Gasteiger partial charge >= 0.3 is 0 Å². The van der Waals surface area contributed by atoms with E-state index in [0.29, 0.717) is 5.41 Å². The topological polar surface area (TPSA) is 18.5 Å². The number of rotatable bonds is 6. The molecule has 1 heterocycles. The summed E-state index contributed by atoms with van der Waals surface area (Å²) < 4.78 is 11.1. The van der Waals surface area contributed by atoms with Gasteiger partial charge in [-0.15, -0.1) is 0 Å². The van der Waals surface area contributed by atoms with Crippen LogP contribution < -0.4 is 0 Å². The lowest BCUT2D eigenvalue weighted by Crippen LogP contribution is -2.34. The summed E-state index contributed by atoms with van der Waals surface area (Å²) in [5, 5.41) is 1.04. The smallest absolute Gasteiger partial charge is 0.0531 e. The van der Waals surface area contributed by atoms with E-state index in [-0.39, 0.29) is 0 Å². The summed E-state index contributed by atoms with van der Waals surface area (Å²) in [5.41, 5.74) is 0.339. The lowest BCUT2D eigenvalue weighted by Gasteiger charge is -2.35. The highest BCUT2D eigenvalue weighted by molar-refractivity contribution is 9.09. The van der Waals surface area contributed by atoms with Crippen molar-refractivity contribution in [2.24, 2.45) is 5.41 Å². The molecule has 84 valence electrons. The molecule has 2 nitrogen and oxygen atoms in total. The van der Waals surface area contributed by atoms with Crippen molar-refractivity contribution in [3.63, 3.8) is 0 Å². The first-order chi connectivity index (χ1) is 6.83. The molecule has 0 aromatic heterocycles. The molecular weight excluding hydrogens is 244 g/mol. The Morgan fingerprint density at radius 1 is 1.43 bits per heavy atom. The van der Waals surface area contributed by atoms with Gasteiger partial charge in [-0.2, -0.15) is 0 Å². The zero-order chi connectivity index (χ0) is 10.3. The SMILES string of the molecule is CCCOCCC1(CBr)CCCOC1. The Labute approximate surface area is 95.5 Å². The van der Waals surface area contributed by atoms with E-state index in [9.17, 15) is 0 Å². The van der Waals surface area contributed by atoms with Crippen molar-refractivity contribution in [2.45, 2.75) is 32.6 Å². The van der Waals surface area contributed by atoms with Gasteiger partial charge in [-0.3, -0.25) is 0 Å². The summed E-state index contributed by atoms with van der Waals surface area (Å²) in [4.78, 5) is 0. The van der Waals surface area contributed by atoms with Crippen LogP contribution in [0.2, 0.25) is 0 Å². The summed E-state index contributed by atoms with van der Waals surface area (Å²) in [5.74, 6) is 0. The molecule has 1 aliphatic heterocycles. The molecule has 0 bridgehead atoms. The van der Waals surface area contributed by atoms with Crippen LogP contribution in [0.4, 0.5) is 0 Å². The lowest BCUT2D eigenvalue weighted by atomic mass is 9.82. The molecule has 0 saturated carbocycles. The molecule has 3 heteroatoms. The summed E-state index contributed by atoms with van der Waals surface area (Å²) >= 11 is 3.60. The summed E-state index contributed by atoms with van der Waals surface area (Å²) in [7, 11) is 0. The molecule has 0 aromatic carbocycles. The van der Waals surface area contributed by atoms with Gasteiger partial charge in [-0.05, 0) is 25.7 Å². The number of alkyl halides is 1. The molecular formula is C11H21BrO2. The van der Waals surface area contributed by atoms with Crippen LogP contribution in [0.5, 0.6) is 0 Å². The highest BCUT2D eigenvalue weighted by Gasteiger charge is 2.31. The number of halogens is 1. The first-order valence-electron chi connectivity index (χ1n) is 5.54. The normalized spacial score (nSPS) is 27.9. The molecule has 1 aliphatic rings. The van der Waals surface area contributed by atoms with Crippen molar-refractivity contribution in [3.05, 3.63) is 0 Å². The van der Waals surface area contributed by atoms with Gasteiger partial charge in [0.25, 0.3) is 0 Å². The second-order valence-electron chi connectivity index (χ2n) is 4.15. The molecule has 1 unspecified atom stereocenters. The van der Waals surface area contributed by atoms with E-state index in [0.717, 1.165) is 44.6 Å². The van der Waals surface area contributed by atoms with Gasteiger partial charge in [0, 0.05) is 30.6 Å². The molecule has 0 amide bonds. The molecule has 0 radical (unpaired) electrons. The van der Waals surface area contributed by atoms with Crippen molar-refractivity contribution in [1.29, 1.82) is 0 Å². The Balaban J connectivity index is 2.22. The van der Waals surface area contributed by atoms with E-state index < -0.39 is 0 Å². The third-order valence-corrected chi connectivity index (χ3v) is 4.00. The zero-order valence-corrected chi connectivity index (χ0v) is 10.6. The Hall–Kier alpha value is 0.400. The fraction of sp³-hybridized carbons (Fsp3) is 1.00. The second-order valence-corrected chi connectivity index (χ2v) is 4.71. The minimum Gasteiger partial charge on any atom is -0.381 e. The largest absolute Gasteiger partial charge is 0.381 e. The Kier molecular flexibility index (Phi) is 6.06. The Bertz CT molecular complexity index is 144. The third kappa shape index (κ3) is 3.87. The van der Waals surface area contributed by atoms with Crippen LogP contribution in [0.3, 0.4) is 0 Å². The van der Waals surface area contributed by atoms with Gasteiger partial charge < -0.3 is 9.47 Å². The molecule has 0 aliphatic carbocycles. The quantitative estimate of drug-likeness (QED) is 0.543. The minimum absolute atomic E-state index is 0.339. The van der Waals surface area contributed by atoms with Crippen molar-refractivity contribution < 1.29 is 9.47 Å². The van der Waals surface area contributed by atoms with Crippen molar-refractivity contribution in [2.75, 3.05) is 31.8 Å². The van der Waals surface area contributed by atoms with Gasteiger partial charge in [0.15, 0.2) is 0 Å². The minimum atomic E-state index is 0.339. The number of hydrogen-bond donors (Lipinski definition) is 0. The van der Waals surface area contributed by atoms with E-state index in [1.165, 1.54) is 12.8 Å². The maximum Gasteiger partial charge on any atom is 0.0531 e. The van der Waals surface area contributed by atoms with E-state index >= 15 is 0 Å². The van der Waals surface area contributed by atoms with E-state index in [2.05, 4.69) is 22.9 Å². The standard InChI is InChI=1S/C11H21BrO2/c1-2-6-13-8-5-11(9-12)4-3-7-14-10-11/h2-10H2,1H3. The summed E-state index contributed by atoms with van der Waals surface area (Å²) in [6.45, 7) is 5.74. The Morgan fingerprint density at radius 2 is 2.29 bits per heavy atom. The molecule has 0 aromatic rings. The fourth-order valence-electron chi connectivity index (χ4n) is 1.81. The van der Waals surface area contributed by atoms with Crippen LogP contribution in [0.25, 0.3) is 0 Å². The molecule has 1 fully saturated rings. The van der Waals surface area contributed by atoms with Crippen molar-refractivity contribution >= 4 is 15.9 Å². The average molecular weight is 265 g/mol. The first-order valence-corrected chi connectivity index (χ1v) is 6.66.